The van der Waals surface area contributed by atoms with Crippen molar-refractivity contribution in [3.05, 3.63) is 48.3 Å². The van der Waals surface area contributed by atoms with Crippen molar-refractivity contribution in [1.82, 2.24) is 25.1 Å². The minimum absolute atomic E-state index is 0.153. The van der Waals surface area contributed by atoms with Gasteiger partial charge in [0.2, 0.25) is 5.91 Å². The van der Waals surface area contributed by atoms with Gasteiger partial charge in [-0.1, -0.05) is 18.3 Å². The molecule has 0 saturated carbocycles. The van der Waals surface area contributed by atoms with Gasteiger partial charge in [-0.15, -0.1) is 0 Å². The number of hydrogen-bond donors (Lipinski definition) is 2. The predicted molar refractivity (Wildman–Crippen MR) is 119 cm³/mol. The van der Waals surface area contributed by atoms with Crippen LogP contribution in [0, 0.1) is 0 Å². The summed E-state index contributed by atoms with van der Waals surface area (Å²) in [7, 11) is 0. The van der Waals surface area contributed by atoms with E-state index in [0.29, 0.717) is 18.2 Å². The molecule has 0 radical (unpaired) electrons. The third-order valence-electron chi connectivity index (χ3n) is 5.62. The van der Waals surface area contributed by atoms with E-state index in [1.54, 1.807) is 13.0 Å². The summed E-state index contributed by atoms with van der Waals surface area (Å²) < 4.78 is 2.88. The number of nitrogens with zero attached hydrogens (tertiary/aromatic N) is 3. The van der Waals surface area contributed by atoms with Crippen LogP contribution in [0.1, 0.15) is 37.0 Å². The van der Waals surface area contributed by atoms with E-state index in [1.165, 1.54) is 17.8 Å². The lowest BCUT2D eigenvalue weighted by Crippen LogP contribution is -2.48. The van der Waals surface area contributed by atoms with E-state index in [0.717, 1.165) is 34.9 Å². The third-order valence-corrected chi connectivity index (χ3v) is 6.65. The van der Waals surface area contributed by atoms with Gasteiger partial charge in [-0.05, 0) is 63.2 Å². The fourth-order valence-electron chi connectivity index (χ4n) is 3.89. The van der Waals surface area contributed by atoms with Crippen molar-refractivity contribution >= 4 is 33.4 Å². The Morgan fingerprint density at radius 2 is 2.10 bits per heavy atom. The third kappa shape index (κ3) is 4.39. The van der Waals surface area contributed by atoms with Crippen LogP contribution in [-0.4, -0.2) is 58.0 Å². The largest absolute Gasteiger partial charge is 0.353 e. The number of carbonyl (C=O) groups excluding carboxylic acids is 2. The molecule has 0 aliphatic carbocycles. The number of carbonyl (C=O) groups is 2. The number of thiazole rings is 1. The average Bonchev–Trinajstić information content (AvgIpc) is 3.50. The van der Waals surface area contributed by atoms with Crippen molar-refractivity contribution < 1.29 is 9.59 Å². The van der Waals surface area contributed by atoms with Gasteiger partial charge in [-0.2, -0.15) is 0 Å². The lowest BCUT2D eigenvalue weighted by Gasteiger charge is -2.23. The van der Waals surface area contributed by atoms with Crippen LogP contribution >= 0.6 is 11.3 Å². The smallest absolute Gasteiger partial charge is 0.251 e. The van der Waals surface area contributed by atoms with Gasteiger partial charge in [0.15, 0.2) is 5.13 Å². The summed E-state index contributed by atoms with van der Waals surface area (Å²) in [6.07, 6.45) is 6.16. The number of likely N-dealkylation sites (tertiary alicyclic amines) is 1. The maximum atomic E-state index is 12.7. The van der Waals surface area contributed by atoms with Crippen LogP contribution in [0.5, 0.6) is 0 Å². The quantitative estimate of drug-likeness (QED) is 0.610. The van der Waals surface area contributed by atoms with Gasteiger partial charge in [0.25, 0.3) is 5.91 Å². The van der Waals surface area contributed by atoms with Gasteiger partial charge >= 0.3 is 0 Å². The lowest BCUT2D eigenvalue weighted by atomic mass is 10.2. The molecule has 1 aromatic carbocycles. The predicted octanol–water partition coefficient (Wildman–Crippen LogP) is 2.81. The molecule has 8 heteroatoms. The molecule has 1 fully saturated rings. The fourth-order valence-corrected chi connectivity index (χ4v) is 4.86. The fraction of sp³-hybridized carbons (Fsp3) is 0.409. The number of fused-ring (bicyclic) bond motifs is 1. The first-order valence-corrected chi connectivity index (χ1v) is 11.2. The van der Waals surface area contributed by atoms with Crippen LogP contribution in [0.3, 0.4) is 0 Å². The molecule has 7 nitrogen and oxygen atoms in total. The Morgan fingerprint density at radius 3 is 2.87 bits per heavy atom. The Balaban J connectivity index is 1.36. The number of aromatic nitrogens is 2. The van der Waals surface area contributed by atoms with Crippen LogP contribution in [0.25, 0.3) is 15.3 Å². The van der Waals surface area contributed by atoms with Crippen LogP contribution in [-0.2, 0) is 4.79 Å². The van der Waals surface area contributed by atoms with Crippen molar-refractivity contribution in [3.8, 4) is 5.13 Å². The number of likely N-dealkylation sites (N-methyl/N-ethyl adjacent to an activating group) is 1. The Kier molecular flexibility index (Phi) is 6.15. The molecule has 30 heavy (non-hydrogen) atoms. The van der Waals surface area contributed by atoms with E-state index in [-0.39, 0.29) is 11.8 Å². The number of rotatable bonds is 7. The van der Waals surface area contributed by atoms with Gasteiger partial charge in [-0.3, -0.25) is 14.5 Å². The number of nitrogens with one attached hydrogen (secondary N) is 2. The molecule has 158 valence electrons. The minimum Gasteiger partial charge on any atom is -0.353 e. The first kappa shape index (κ1) is 20.6. The van der Waals surface area contributed by atoms with Crippen molar-refractivity contribution in [3.63, 3.8) is 0 Å². The summed E-state index contributed by atoms with van der Waals surface area (Å²) >= 11 is 1.52. The van der Waals surface area contributed by atoms with E-state index >= 15 is 0 Å². The van der Waals surface area contributed by atoms with Crippen molar-refractivity contribution in [2.75, 3.05) is 19.6 Å². The first-order chi connectivity index (χ1) is 14.5. The molecule has 0 unspecified atom stereocenters. The summed E-state index contributed by atoms with van der Waals surface area (Å²) in [6.45, 7) is 6.58. The highest BCUT2D eigenvalue weighted by Gasteiger charge is 2.24. The number of hydrogen-bond acceptors (Lipinski definition) is 5. The van der Waals surface area contributed by atoms with Crippen molar-refractivity contribution in [2.24, 2.45) is 0 Å². The molecule has 3 aromatic rings. The summed E-state index contributed by atoms with van der Waals surface area (Å²) in [5, 5.41) is 6.65. The maximum Gasteiger partial charge on any atom is 0.251 e. The molecule has 1 aliphatic heterocycles. The van der Waals surface area contributed by atoms with Crippen molar-refractivity contribution in [1.29, 1.82) is 0 Å². The Bertz CT molecular complexity index is 1030. The maximum absolute atomic E-state index is 12.7. The molecular weight excluding hydrogens is 398 g/mol. The Morgan fingerprint density at radius 1 is 1.30 bits per heavy atom. The second-order valence-electron chi connectivity index (χ2n) is 7.63. The van der Waals surface area contributed by atoms with Crippen LogP contribution < -0.4 is 10.6 Å². The number of amides is 2. The van der Waals surface area contributed by atoms with Gasteiger partial charge in [-0.25, -0.2) is 4.98 Å². The zero-order valence-corrected chi connectivity index (χ0v) is 18.1. The highest BCUT2D eigenvalue weighted by Crippen LogP contribution is 2.26. The van der Waals surface area contributed by atoms with E-state index in [9.17, 15) is 9.59 Å². The SMILES string of the molecule is CCN1CCC[C@@H]1CNC(=O)[C@H](C)NC(=O)c1ccc2nc(-n3cccc3)sc2c1. The van der Waals surface area contributed by atoms with E-state index in [4.69, 9.17) is 0 Å². The van der Waals surface area contributed by atoms with Crippen LogP contribution in [0.15, 0.2) is 42.7 Å². The molecule has 1 aliphatic rings. The normalized spacial score (nSPS) is 17.9. The van der Waals surface area contributed by atoms with Gasteiger partial charge in [0, 0.05) is 30.5 Å². The molecule has 2 amide bonds. The van der Waals surface area contributed by atoms with Gasteiger partial charge in [0.1, 0.15) is 6.04 Å². The highest BCUT2D eigenvalue weighted by molar-refractivity contribution is 7.20. The average molecular weight is 426 g/mol. The van der Waals surface area contributed by atoms with Gasteiger partial charge in [0.05, 0.1) is 10.2 Å². The molecule has 0 bridgehead atoms. The lowest BCUT2D eigenvalue weighted by molar-refractivity contribution is -0.122. The molecule has 2 N–H and O–H groups in total. The Labute approximate surface area is 180 Å². The molecule has 2 atom stereocenters. The zero-order valence-electron chi connectivity index (χ0n) is 17.3. The van der Waals surface area contributed by atoms with E-state index in [2.05, 4.69) is 27.4 Å². The van der Waals surface area contributed by atoms with Crippen LogP contribution in [0.2, 0.25) is 0 Å². The minimum atomic E-state index is -0.596. The first-order valence-electron chi connectivity index (χ1n) is 10.4. The number of benzene rings is 1. The second kappa shape index (κ2) is 8.97. The van der Waals surface area contributed by atoms with Gasteiger partial charge < -0.3 is 15.2 Å². The summed E-state index contributed by atoms with van der Waals surface area (Å²) in [5.41, 5.74) is 1.38. The van der Waals surface area contributed by atoms with E-state index < -0.39 is 6.04 Å². The molecular formula is C22H27N5O2S. The topological polar surface area (TPSA) is 79.3 Å². The molecule has 2 aromatic heterocycles. The summed E-state index contributed by atoms with van der Waals surface area (Å²) in [6, 6.07) is 9.12. The summed E-state index contributed by atoms with van der Waals surface area (Å²) in [4.78, 5) is 32.1. The molecule has 4 rings (SSSR count). The van der Waals surface area contributed by atoms with Crippen LogP contribution in [0.4, 0.5) is 0 Å². The highest BCUT2D eigenvalue weighted by atomic mass is 32.1. The molecule has 0 spiro atoms. The Hall–Kier alpha value is -2.71. The second-order valence-corrected chi connectivity index (χ2v) is 8.64. The van der Waals surface area contributed by atoms with E-state index in [1.807, 2.05) is 41.2 Å². The summed E-state index contributed by atoms with van der Waals surface area (Å²) in [5.74, 6) is -0.411. The molecule has 3 heterocycles. The monoisotopic (exact) mass is 425 g/mol. The standard InChI is InChI=1S/C22H27N5O2S/c1-3-26-12-6-7-17(26)14-23-20(28)15(2)24-21(29)16-8-9-18-19(13-16)30-22(25-18)27-10-4-5-11-27/h4-5,8-11,13,15,17H,3,6-7,12,14H2,1-2H3,(H,23,28)(H,24,29)/t15-,17+/m0/s1. The zero-order chi connectivity index (χ0) is 21.1. The molecule has 1 saturated heterocycles. The van der Waals surface area contributed by atoms with Crippen molar-refractivity contribution in [2.45, 2.75) is 38.8 Å².